The van der Waals surface area contributed by atoms with Crippen molar-refractivity contribution in [3.8, 4) is 5.75 Å². The lowest BCUT2D eigenvalue weighted by Gasteiger charge is -2.21. The maximum Gasteiger partial charge on any atom is 0.253 e. The fraction of sp³-hybridized carbons (Fsp3) is 0.462. The molecule has 1 aliphatic rings. The molecule has 7 heteroatoms. The molecule has 3 rings (SSSR count). The number of nitrogens with one attached hydrogen (secondary N) is 2. The second-order valence-corrected chi connectivity index (χ2v) is 8.25. The van der Waals surface area contributed by atoms with Gasteiger partial charge in [-0.15, -0.1) is 0 Å². The lowest BCUT2D eigenvalue weighted by Crippen LogP contribution is -2.32. The SMILES string of the molecule is CCCN(CCC)C(=O)c1ccc(NCC(=O)Nc2cccc(OCC3CCCO3)c2)cc1. The average Bonchev–Trinajstić information content (AvgIpc) is 3.35. The largest absolute Gasteiger partial charge is 0.491 e. The summed E-state index contributed by atoms with van der Waals surface area (Å²) in [7, 11) is 0. The summed E-state index contributed by atoms with van der Waals surface area (Å²) in [5.74, 6) is 0.588. The van der Waals surface area contributed by atoms with Crippen LogP contribution in [-0.4, -0.2) is 55.7 Å². The first kappa shape index (κ1) is 24.6. The van der Waals surface area contributed by atoms with Crippen LogP contribution in [0.4, 0.5) is 11.4 Å². The zero-order chi connectivity index (χ0) is 23.5. The summed E-state index contributed by atoms with van der Waals surface area (Å²) in [4.78, 5) is 26.9. The Morgan fingerprint density at radius 2 is 1.82 bits per heavy atom. The molecule has 33 heavy (non-hydrogen) atoms. The minimum Gasteiger partial charge on any atom is -0.491 e. The highest BCUT2D eigenvalue weighted by molar-refractivity contribution is 5.95. The van der Waals surface area contributed by atoms with Crippen molar-refractivity contribution >= 4 is 23.2 Å². The molecule has 0 aliphatic carbocycles. The van der Waals surface area contributed by atoms with Gasteiger partial charge in [-0.3, -0.25) is 9.59 Å². The van der Waals surface area contributed by atoms with Crippen molar-refractivity contribution in [2.75, 3.05) is 43.5 Å². The van der Waals surface area contributed by atoms with Crippen LogP contribution in [0.2, 0.25) is 0 Å². The molecule has 2 aromatic rings. The summed E-state index contributed by atoms with van der Waals surface area (Å²) in [5.41, 5.74) is 2.12. The maximum absolute atomic E-state index is 12.7. The molecule has 1 saturated heterocycles. The molecule has 0 aromatic heterocycles. The Morgan fingerprint density at radius 1 is 1.06 bits per heavy atom. The van der Waals surface area contributed by atoms with E-state index in [1.807, 2.05) is 41.3 Å². The van der Waals surface area contributed by atoms with E-state index in [0.29, 0.717) is 23.6 Å². The molecule has 7 nitrogen and oxygen atoms in total. The van der Waals surface area contributed by atoms with Crippen molar-refractivity contribution in [1.29, 1.82) is 0 Å². The van der Waals surface area contributed by atoms with Crippen molar-refractivity contribution in [1.82, 2.24) is 4.90 Å². The van der Waals surface area contributed by atoms with Crippen molar-refractivity contribution in [2.24, 2.45) is 0 Å². The van der Waals surface area contributed by atoms with E-state index >= 15 is 0 Å². The highest BCUT2D eigenvalue weighted by Gasteiger charge is 2.16. The predicted octanol–water partition coefficient (Wildman–Crippen LogP) is 4.56. The van der Waals surface area contributed by atoms with Crippen LogP contribution in [0, 0.1) is 0 Å². The van der Waals surface area contributed by atoms with Crippen LogP contribution < -0.4 is 15.4 Å². The van der Waals surface area contributed by atoms with Crippen LogP contribution >= 0.6 is 0 Å². The monoisotopic (exact) mass is 453 g/mol. The Balaban J connectivity index is 1.46. The summed E-state index contributed by atoms with van der Waals surface area (Å²) in [6.07, 6.45) is 4.12. The second kappa shape index (κ2) is 12.8. The van der Waals surface area contributed by atoms with Gasteiger partial charge in [0, 0.05) is 42.7 Å². The molecule has 2 N–H and O–H groups in total. The maximum atomic E-state index is 12.7. The third-order valence-corrected chi connectivity index (χ3v) is 5.44. The molecule has 1 heterocycles. The predicted molar refractivity (Wildman–Crippen MR) is 131 cm³/mol. The second-order valence-electron chi connectivity index (χ2n) is 8.25. The van der Waals surface area contributed by atoms with Crippen molar-refractivity contribution in [2.45, 2.75) is 45.6 Å². The Hall–Kier alpha value is -3.06. The Morgan fingerprint density at radius 3 is 2.48 bits per heavy atom. The number of carbonyl (C=O) groups excluding carboxylic acids is 2. The molecule has 178 valence electrons. The lowest BCUT2D eigenvalue weighted by molar-refractivity contribution is -0.114. The summed E-state index contributed by atoms with van der Waals surface area (Å²) < 4.78 is 11.4. The number of hydrogen-bond donors (Lipinski definition) is 2. The molecular weight excluding hydrogens is 418 g/mol. The molecule has 1 unspecified atom stereocenters. The van der Waals surface area contributed by atoms with Crippen LogP contribution in [0.3, 0.4) is 0 Å². The van der Waals surface area contributed by atoms with Gasteiger partial charge in [-0.05, 0) is 62.1 Å². The minimum atomic E-state index is -0.163. The number of ether oxygens (including phenoxy) is 2. The van der Waals surface area contributed by atoms with Crippen LogP contribution in [-0.2, 0) is 9.53 Å². The van der Waals surface area contributed by atoms with E-state index in [2.05, 4.69) is 24.5 Å². The number of anilines is 2. The summed E-state index contributed by atoms with van der Waals surface area (Å²) in [5, 5.41) is 5.98. The highest BCUT2D eigenvalue weighted by Crippen LogP contribution is 2.20. The Bertz CT molecular complexity index is 889. The highest BCUT2D eigenvalue weighted by atomic mass is 16.5. The molecule has 2 amide bonds. The van der Waals surface area contributed by atoms with Gasteiger partial charge in [0.25, 0.3) is 5.91 Å². The summed E-state index contributed by atoms with van der Waals surface area (Å²) >= 11 is 0. The van der Waals surface area contributed by atoms with Gasteiger partial charge in [0.15, 0.2) is 0 Å². The molecule has 1 aliphatic heterocycles. The van der Waals surface area contributed by atoms with Gasteiger partial charge in [-0.1, -0.05) is 19.9 Å². The van der Waals surface area contributed by atoms with E-state index in [1.165, 1.54) is 0 Å². The van der Waals surface area contributed by atoms with E-state index in [-0.39, 0.29) is 24.5 Å². The topological polar surface area (TPSA) is 79.9 Å². The zero-order valence-electron chi connectivity index (χ0n) is 19.6. The van der Waals surface area contributed by atoms with Gasteiger partial charge in [-0.2, -0.15) is 0 Å². The van der Waals surface area contributed by atoms with Gasteiger partial charge in [-0.25, -0.2) is 0 Å². The van der Waals surface area contributed by atoms with Crippen LogP contribution in [0.1, 0.15) is 49.9 Å². The number of benzene rings is 2. The normalized spacial score (nSPS) is 15.2. The number of nitrogens with zero attached hydrogens (tertiary/aromatic N) is 1. The Kier molecular flexibility index (Phi) is 9.57. The van der Waals surface area contributed by atoms with Crippen molar-refractivity contribution < 1.29 is 19.1 Å². The van der Waals surface area contributed by atoms with Gasteiger partial charge in [0.2, 0.25) is 5.91 Å². The fourth-order valence-corrected chi connectivity index (χ4v) is 3.78. The first-order valence-electron chi connectivity index (χ1n) is 11.9. The first-order valence-corrected chi connectivity index (χ1v) is 11.9. The number of amides is 2. The number of hydrogen-bond acceptors (Lipinski definition) is 5. The molecule has 0 saturated carbocycles. The lowest BCUT2D eigenvalue weighted by atomic mass is 10.1. The standard InChI is InChI=1S/C26H35N3O4/c1-3-14-29(15-4-2)26(31)20-10-12-21(13-11-20)27-18-25(30)28-22-7-5-8-23(17-22)33-19-24-9-6-16-32-24/h5,7-8,10-13,17,24,27H,3-4,6,9,14-16,18-19H2,1-2H3,(H,28,30). The van der Waals surface area contributed by atoms with Crippen LogP contribution in [0.5, 0.6) is 5.75 Å². The number of carbonyl (C=O) groups is 2. The Labute approximate surface area is 196 Å². The van der Waals surface area contributed by atoms with Gasteiger partial charge >= 0.3 is 0 Å². The molecule has 2 aromatic carbocycles. The van der Waals surface area contributed by atoms with Crippen LogP contribution in [0.25, 0.3) is 0 Å². The van der Waals surface area contributed by atoms with Crippen LogP contribution in [0.15, 0.2) is 48.5 Å². The molecular formula is C26H35N3O4. The molecule has 1 atom stereocenters. The third-order valence-electron chi connectivity index (χ3n) is 5.44. The first-order chi connectivity index (χ1) is 16.1. The van der Waals surface area contributed by atoms with E-state index in [1.54, 1.807) is 12.1 Å². The van der Waals surface area contributed by atoms with E-state index in [0.717, 1.165) is 51.1 Å². The van der Waals surface area contributed by atoms with Gasteiger partial charge < -0.3 is 25.0 Å². The minimum absolute atomic E-state index is 0.0459. The number of rotatable bonds is 12. The molecule has 0 radical (unpaired) electrons. The van der Waals surface area contributed by atoms with E-state index < -0.39 is 0 Å². The molecule has 0 bridgehead atoms. The third kappa shape index (κ3) is 7.79. The van der Waals surface area contributed by atoms with E-state index in [9.17, 15) is 9.59 Å². The smallest absolute Gasteiger partial charge is 0.253 e. The molecule has 1 fully saturated rings. The fourth-order valence-electron chi connectivity index (χ4n) is 3.78. The van der Waals surface area contributed by atoms with Crippen molar-refractivity contribution in [3.05, 3.63) is 54.1 Å². The van der Waals surface area contributed by atoms with Gasteiger partial charge in [0.1, 0.15) is 12.4 Å². The van der Waals surface area contributed by atoms with Gasteiger partial charge in [0.05, 0.1) is 12.6 Å². The average molecular weight is 454 g/mol. The zero-order valence-corrected chi connectivity index (χ0v) is 19.6. The molecule has 0 spiro atoms. The van der Waals surface area contributed by atoms with Crippen molar-refractivity contribution in [3.63, 3.8) is 0 Å². The quantitative estimate of drug-likeness (QED) is 0.493. The summed E-state index contributed by atoms with van der Waals surface area (Å²) in [6.45, 7) is 7.09. The summed E-state index contributed by atoms with van der Waals surface area (Å²) in [6, 6.07) is 14.6. The van der Waals surface area contributed by atoms with E-state index in [4.69, 9.17) is 9.47 Å².